The van der Waals surface area contributed by atoms with Crippen molar-refractivity contribution in [2.24, 2.45) is 0 Å². The summed E-state index contributed by atoms with van der Waals surface area (Å²) in [5, 5.41) is 7.73. The monoisotopic (exact) mass is 372 g/mol. The maximum atomic E-state index is 13.0. The summed E-state index contributed by atoms with van der Waals surface area (Å²) in [4.78, 5) is 28.9. The molecule has 1 amide bonds. The zero-order valence-electron chi connectivity index (χ0n) is 15.9. The van der Waals surface area contributed by atoms with Crippen LogP contribution in [0.5, 0.6) is 0 Å². The molecule has 2 aromatic carbocycles. The van der Waals surface area contributed by atoms with Crippen LogP contribution < -0.4 is 10.7 Å². The van der Waals surface area contributed by atoms with Crippen LogP contribution in [0.1, 0.15) is 27.2 Å². The highest BCUT2D eigenvalue weighted by molar-refractivity contribution is 6.06. The minimum Gasteiger partial charge on any atom is -0.345 e. The molecule has 2 N–H and O–H groups in total. The Kier molecular flexibility index (Phi) is 4.31. The standard InChI is InChI=1S/C22H20N4O2/c1-13-9-10-18(14(2)11-13)24-22(28)17-12-23-21-19(20(17)27)15(3)25-26(21)16-7-5-4-6-8-16/h4-12H,1-3H3,(H,23,27)(H,24,28). The van der Waals surface area contributed by atoms with Gasteiger partial charge in [0.1, 0.15) is 11.2 Å². The molecular weight excluding hydrogens is 352 g/mol. The number of fused-ring (bicyclic) bond motifs is 1. The van der Waals surface area contributed by atoms with Gasteiger partial charge in [0.25, 0.3) is 5.91 Å². The number of H-pyrrole nitrogens is 1. The maximum Gasteiger partial charge on any atom is 0.261 e. The van der Waals surface area contributed by atoms with E-state index in [9.17, 15) is 9.59 Å². The van der Waals surface area contributed by atoms with Crippen LogP contribution in [0.3, 0.4) is 0 Å². The third-order valence-electron chi connectivity index (χ3n) is 4.76. The second-order valence-corrected chi connectivity index (χ2v) is 6.86. The Labute approximate surface area is 161 Å². The van der Waals surface area contributed by atoms with Crippen molar-refractivity contribution in [2.75, 3.05) is 5.32 Å². The quantitative estimate of drug-likeness (QED) is 0.572. The fraction of sp³-hybridized carbons (Fsp3) is 0.136. The van der Waals surface area contributed by atoms with Gasteiger partial charge in [-0.3, -0.25) is 9.59 Å². The van der Waals surface area contributed by atoms with Crippen molar-refractivity contribution in [1.82, 2.24) is 14.8 Å². The summed E-state index contributed by atoms with van der Waals surface area (Å²) in [5.41, 5.74) is 4.44. The number of nitrogens with zero attached hydrogens (tertiary/aromatic N) is 2. The van der Waals surface area contributed by atoms with Crippen molar-refractivity contribution in [3.63, 3.8) is 0 Å². The Morgan fingerprint density at radius 1 is 1.07 bits per heavy atom. The number of anilines is 1. The zero-order chi connectivity index (χ0) is 19.8. The van der Waals surface area contributed by atoms with Gasteiger partial charge >= 0.3 is 0 Å². The van der Waals surface area contributed by atoms with Crippen LogP contribution in [0.2, 0.25) is 0 Å². The van der Waals surface area contributed by atoms with E-state index < -0.39 is 5.91 Å². The van der Waals surface area contributed by atoms with Gasteiger partial charge in [-0.05, 0) is 44.5 Å². The number of hydrogen-bond acceptors (Lipinski definition) is 3. The van der Waals surface area contributed by atoms with Crippen molar-refractivity contribution in [3.8, 4) is 5.69 Å². The molecule has 6 heteroatoms. The van der Waals surface area contributed by atoms with Gasteiger partial charge in [0.05, 0.1) is 16.8 Å². The van der Waals surface area contributed by atoms with Crippen molar-refractivity contribution in [1.29, 1.82) is 0 Å². The number of hydrogen-bond donors (Lipinski definition) is 2. The lowest BCUT2D eigenvalue weighted by molar-refractivity contribution is 0.102. The van der Waals surface area contributed by atoms with Gasteiger partial charge in [-0.15, -0.1) is 0 Å². The van der Waals surface area contributed by atoms with E-state index in [4.69, 9.17) is 0 Å². The van der Waals surface area contributed by atoms with Crippen LogP contribution in [0.4, 0.5) is 5.69 Å². The predicted octanol–water partition coefficient (Wildman–Crippen LogP) is 3.89. The molecule has 0 aliphatic carbocycles. The summed E-state index contributed by atoms with van der Waals surface area (Å²) in [6, 6.07) is 15.3. The topological polar surface area (TPSA) is 79.8 Å². The van der Waals surface area contributed by atoms with E-state index in [0.29, 0.717) is 22.4 Å². The van der Waals surface area contributed by atoms with Gasteiger partial charge in [0.15, 0.2) is 0 Å². The van der Waals surface area contributed by atoms with Gasteiger partial charge in [0.2, 0.25) is 5.43 Å². The first kappa shape index (κ1) is 17.7. The average molecular weight is 372 g/mol. The molecule has 4 aromatic rings. The number of nitrogens with one attached hydrogen (secondary N) is 2. The van der Waals surface area contributed by atoms with E-state index in [1.807, 2.05) is 62.4 Å². The van der Waals surface area contributed by atoms with Gasteiger partial charge in [0, 0.05) is 11.9 Å². The molecule has 0 spiro atoms. The summed E-state index contributed by atoms with van der Waals surface area (Å²) < 4.78 is 1.68. The highest BCUT2D eigenvalue weighted by Crippen LogP contribution is 2.19. The second kappa shape index (κ2) is 6.81. The van der Waals surface area contributed by atoms with E-state index in [1.165, 1.54) is 6.20 Å². The molecule has 6 nitrogen and oxygen atoms in total. The molecule has 0 aliphatic rings. The Hall–Kier alpha value is -3.67. The van der Waals surface area contributed by atoms with E-state index in [2.05, 4.69) is 15.4 Å². The van der Waals surface area contributed by atoms with Crippen LogP contribution >= 0.6 is 0 Å². The Morgan fingerprint density at radius 2 is 1.82 bits per heavy atom. The smallest absolute Gasteiger partial charge is 0.261 e. The number of para-hydroxylation sites is 1. The average Bonchev–Trinajstić information content (AvgIpc) is 3.02. The highest BCUT2D eigenvalue weighted by atomic mass is 16.2. The predicted molar refractivity (Wildman–Crippen MR) is 110 cm³/mol. The van der Waals surface area contributed by atoms with Crippen LogP contribution in [-0.4, -0.2) is 20.7 Å². The van der Waals surface area contributed by atoms with E-state index in [0.717, 1.165) is 16.8 Å². The molecule has 2 heterocycles. The maximum absolute atomic E-state index is 13.0. The zero-order valence-corrected chi connectivity index (χ0v) is 15.9. The van der Waals surface area contributed by atoms with Crippen molar-refractivity contribution in [3.05, 3.63) is 87.3 Å². The molecule has 0 aliphatic heterocycles. The van der Waals surface area contributed by atoms with Crippen molar-refractivity contribution < 1.29 is 4.79 Å². The lowest BCUT2D eigenvalue weighted by Crippen LogP contribution is -2.22. The number of amides is 1. The minimum atomic E-state index is -0.443. The molecule has 0 bridgehead atoms. The molecule has 0 saturated carbocycles. The van der Waals surface area contributed by atoms with Gasteiger partial charge in [-0.2, -0.15) is 5.10 Å². The molecule has 140 valence electrons. The highest BCUT2D eigenvalue weighted by Gasteiger charge is 2.19. The molecule has 0 atom stereocenters. The van der Waals surface area contributed by atoms with E-state index in [1.54, 1.807) is 11.6 Å². The number of aromatic nitrogens is 3. The molecule has 0 radical (unpaired) electrons. The van der Waals surface area contributed by atoms with Crippen LogP contribution in [0, 0.1) is 20.8 Å². The summed E-state index contributed by atoms with van der Waals surface area (Å²) in [5.74, 6) is -0.443. The lowest BCUT2D eigenvalue weighted by atomic mass is 10.1. The van der Waals surface area contributed by atoms with Crippen LogP contribution in [0.15, 0.2) is 59.5 Å². The van der Waals surface area contributed by atoms with Crippen LogP contribution in [-0.2, 0) is 0 Å². The van der Waals surface area contributed by atoms with Crippen molar-refractivity contribution in [2.45, 2.75) is 20.8 Å². The normalized spacial score (nSPS) is 11.0. The molecule has 0 unspecified atom stereocenters. The number of carbonyl (C=O) groups excluding carboxylic acids is 1. The van der Waals surface area contributed by atoms with E-state index in [-0.39, 0.29) is 11.0 Å². The summed E-state index contributed by atoms with van der Waals surface area (Å²) in [6.45, 7) is 5.68. The summed E-state index contributed by atoms with van der Waals surface area (Å²) in [7, 11) is 0. The number of rotatable bonds is 3. The largest absolute Gasteiger partial charge is 0.345 e. The van der Waals surface area contributed by atoms with Crippen LogP contribution in [0.25, 0.3) is 16.7 Å². The third kappa shape index (κ3) is 2.99. The second-order valence-electron chi connectivity index (χ2n) is 6.86. The summed E-state index contributed by atoms with van der Waals surface area (Å²) >= 11 is 0. The number of benzene rings is 2. The molecular formula is C22H20N4O2. The summed E-state index contributed by atoms with van der Waals surface area (Å²) in [6.07, 6.45) is 1.45. The number of pyridine rings is 1. The number of aromatic amines is 1. The number of carbonyl (C=O) groups is 1. The van der Waals surface area contributed by atoms with Gasteiger partial charge in [-0.1, -0.05) is 35.9 Å². The fourth-order valence-corrected chi connectivity index (χ4v) is 3.34. The first-order chi connectivity index (χ1) is 13.5. The Bertz CT molecular complexity index is 1250. The minimum absolute atomic E-state index is 0.0585. The Morgan fingerprint density at radius 3 is 2.54 bits per heavy atom. The third-order valence-corrected chi connectivity index (χ3v) is 4.76. The first-order valence-electron chi connectivity index (χ1n) is 9.01. The van der Waals surface area contributed by atoms with Gasteiger partial charge in [-0.25, -0.2) is 4.68 Å². The lowest BCUT2D eigenvalue weighted by Gasteiger charge is -2.09. The Balaban J connectivity index is 1.77. The van der Waals surface area contributed by atoms with Crippen molar-refractivity contribution >= 4 is 22.6 Å². The molecule has 0 fully saturated rings. The molecule has 28 heavy (non-hydrogen) atoms. The SMILES string of the molecule is Cc1ccc(NC(=O)c2c[nH]c3c(c(C)nn3-c3ccccc3)c2=O)c(C)c1. The first-order valence-corrected chi connectivity index (χ1v) is 9.01. The van der Waals surface area contributed by atoms with E-state index >= 15 is 0 Å². The molecule has 0 saturated heterocycles. The van der Waals surface area contributed by atoms with Gasteiger partial charge < -0.3 is 10.3 Å². The molecule has 4 rings (SSSR count). The number of aryl methyl sites for hydroxylation is 3. The molecule has 2 aromatic heterocycles. The fourth-order valence-electron chi connectivity index (χ4n) is 3.34.